The first-order valence-corrected chi connectivity index (χ1v) is 5.76. The smallest absolute Gasteiger partial charge is 0.303 e. The Morgan fingerprint density at radius 3 is 2.00 bits per heavy atom. The number of hydrogen-bond donors (Lipinski definition) is 2. The third-order valence-corrected chi connectivity index (χ3v) is 2.56. The summed E-state index contributed by atoms with van der Waals surface area (Å²) in [6.45, 7) is 10.3. The monoisotopic (exact) mass is 217 g/mol. The van der Waals surface area contributed by atoms with Crippen LogP contribution in [0.5, 0.6) is 0 Å². The van der Waals surface area contributed by atoms with Crippen molar-refractivity contribution < 1.29 is 9.90 Å². The van der Waals surface area contributed by atoms with Gasteiger partial charge in [-0.3, -0.25) is 4.79 Å². The number of nitrogens with two attached hydrogens (primary N) is 1. The largest absolute Gasteiger partial charge is 0.481 e. The van der Waals surface area contributed by atoms with Gasteiger partial charge in [0.1, 0.15) is 0 Å². The first kappa shape index (κ1) is 16.8. The highest BCUT2D eigenvalue weighted by atomic mass is 16.4. The van der Waals surface area contributed by atoms with Crippen molar-refractivity contribution in [2.75, 3.05) is 0 Å². The summed E-state index contributed by atoms with van der Waals surface area (Å²) in [6, 6.07) is 0. The zero-order valence-corrected chi connectivity index (χ0v) is 10.8. The van der Waals surface area contributed by atoms with Crippen LogP contribution < -0.4 is 5.73 Å². The normalized spacial score (nSPS) is 12.7. The number of rotatable bonds is 5. The molecule has 0 aliphatic heterocycles. The lowest BCUT2D eigenvalue weighted by Gasteiger charge is -2.26. The van der Waals surface area contributed by atoms with E-state index in [1.165, 1.54) is 19.3 Å². The maximum atomic E-state index is 9.37. The van der Waals surface area contributed by atoms with Crippen LogP contribution in [0.25, 0.3) is 0 Å². The Bertz CT molecular complexity index is 161. The van der Waals surface area contributed by atoms with Gasteiger partial charge in [0.2, 0.25) is 0 Å². The molecule has 1 unspecified atom stereocenters. The molecule has 0 spiro atoms. The highest BCUT2D eigenvalue weighted by Crippen LogP contribution is 2.18. The molecule has 0 aromatic rings. The van der Waals surface area contributed by atoms with Gasteiger partial charge in [0.05, 0.1) is 0 Å². The molecule has 0 saturated carbocycles. The molecule has 0 aliphatic carbocycles. The van der Waals surface area contributed by atoms with E-state index in [0.717, 1.165) is 0 Å². The minimum atomic E-state index is -0.745. The van der Waals surface area contributed by atoms with Crippen molar-refractivity contribution in [1.29, 1.82) is 0 Å². The minimum Gasteiger partial charge on any atom is -0.481 e. The number of carboxylic acid groups (broad SMARTS) is 1. The van der Waals surface area contributed by atoms with Gasteiger partial charge >= 0.3 is 5.97 Å². The van der Waals surface area contributed by atoms with Gasteiger partial charge < -0.3 is 10.8 Å². The fourth-order valence-corrected chi connectivity index (χ4v) is 0.882. The van der Waals surface area contributed by atoms with Crippen LogP contribution in [-0.4, -0.2) is 16.6 Å². The van der Waals surface area contributed by atoms with Crippen molar-refractivity contribution in [2.45, 2.75) is 65.8 Å². The van der Waals surface area contributed by atoms with E-state index in [9.17, 15) is 4.79 Å². The predicted molar refractivity (Wildman–Crippen MR) is 64.9 cm³/mol. The molecule has 0 heterocycles. The third kappa shape index (κ3) is 13.4. The van der Waals surface area contributed by atoms with Crippen LogP contribution in [0, 0.1) is 5.92 Å². The molecule has 0 radical (unpaired) electrons. The van der Waals surface area contributed by atoms with Crippen molar-refractivity contribution in [1.82, 2.24) is 0 Å². The highest BCUT2D eigenvalue weighted by Gasteiger charge is 2.18. The number of aliphatic carboxylic acids is 1. The van der Waals surface area contributed by atoms with E-state index in [0.29, 0.717) is 5.92 Å². The zero-order chi connectivity index (χ0) is 12.5. The second kappa shape index (κ2) is 8.72. The summed E-state index contributed by atoms with van der Waals surface area (Å²) in [7, 11) is 0. The molecule has 0 bridgehead atoms. The Morgan fingerprint density at radius 1 is 1.40 bits per heavy atom. The summed E-state index contributed by atoms with van der Waals surface area (Å²) in [5.41, 5.74) is 5.93. The van der Waals surface area contributed by atoms with Crippen LogP contribution in [0.15, 0.2) is 0 Å². The lowest BCUT2D eigenvalue weighted by molar-refractivity contribution is -0.136. The maximum absolute atomic E-state index is 9.37. The summed E-state index contributed by atoms with van der Waals surface area (Å²) in [5, 5.41) is 7.72. The SMILES string of the molecule is CCC(=O)O.CCCCC(C)C(C)(C)N. The van der Waals surface area contributed by atoms with Crippen LogP contribution in [0.2, 0.25) is 0 Å². The molecule has 3 N–H and O–H groups in total. The predicted octanol–water partition coefficient (Wildman–Crippen LogP) is 3.03. The Kier molecular flexibility index (Phi) is 9.79. The molecule has 3 nitrogen and oxygen atoms in total. The number of unbranched alkanes of at least 4 members (excludes halogenated alkanes) is 1. The summed E-state index contributed by atoms with van der Waals surface area (Å²) >= 11 is 0. The molecule has 0 fully saturated rings. The van der Waals surface area contributed by atoms with Crippen molar-refractivity contribution in [2.24, 2.45) is 11.7 Å². The fraction of sp³-hybridized carbons (Fsp3) is 0.917. The van der Waals surface area contributed by atoms with E-state index in [1.807, 2.05) is 0 Å². The van der Waals surface area contributed by atoms with Gasteiger partial charge in [-0.15, -0.1) is 0 Å². The number of carboxylic acids is 1. The quantitative estimate of drug-likeness (QED) is 0.744. The zero-order valence-electron chi connectivity index (χ0n) is 10.8. The standard InChI is InChI=1S/C9H21N.C3H6O2/c1-5-6-7-8(2)9(3,4)10;1-2-3(4)5/h8H,5-7,10H2,1-4H3;2H2,1H3,(H,4,5). The molecule has 0 saturated heterocycles. The first-order valence-electron chi connectivity index (χ1n) is 5.76. The Balaban J connectivity index is 0. The molecule has 15 heavy (non-hydrogen) atoms. The lowest BCUT2D eigenvalue weighted by atomic mass is 9.86. The van der Waals surface area contributed by atoms with E-state index in [-0.39, 0.29) is 12.0 Å². The van der Waals surface area contributed by atoms with Gasteiger partial charge in [-0.25, -0.2) is 0 Å². The average molecular weight is 217 g/mol. The lowest BCUT2D eigenvalue weighted by Crippen LogP contribution is -2.39. The van der Waals surface area contributed by atoms with Crippen LogP contribution in [0.1, 0.15) is 60.3 Å². The molecule has 0 amide bonds. The maximum Gasteiger partial charge on any atom is 0.303 e. The van der Waals surface area contributed by atoms with Gasteiger partial charge in [-0.1, -0.05) is 33.6 Å². The topological polar surface area (TPSA) is 63.3 Å². The molecule has 0 aliphatic rings. The second-order valence-corrected chi connectivity index (χ2v) is 4.61. The molecule has 0 rings (SSSR count). The number of carbonyl (C=O) groups is 1. The molecular weight excluding hydrogens is 190 g/mol. The van der Waals surface area contributed by atoms with Crippen LogP contribution in [-0.2, 0) is 4.79 Å². The molecule has 0 aromatic heterocycles. The van der Waals surface area contributed by atoms with Gasteiger partial charge in [-0.2, -0.15) is 0 Å². The Labute approximate surface area is 94.1 Å². The van der Waals surface area contributed by atoms with Crippen LogP contribution in [0.3, 0.4) is 0 Å². The van der Waals surface area contributed by atoms with E-state index in [1.54, 1.807) is 6.92 Å². The first-order chi connectivity index (χ1) is 6.75. The van der Waals surface area contributed by atoms with E-state index >= 15 is 0 Å². The van der Waals surface area contributed by atoms with Crippen molar-refractivity contribution in [3.05, 3.63) is 0 Å². The minimum absolute atomic E-state index is 0.00910. The van der Waals surface area contributed by atoms with Gasteiger partial charge in [0.15, 0.2) is 0 Å². The molecule has 3 heteroatoms. The fourth-order valence-electron chi connectivity index (χ4n) is 0.882. The molecule has 0 aromatic carbocycles. The van der Waals surface area contributed by atoms with Gasteiger partial charge in [-0.05, 0) is 26.2 Å². The summed E-state index contributed by atoms with van der Waals surface area (Å²) in [5.74, 6) is -0.0996. The Hall–Kier alpha value is -0.570. The van der Waals surface area contributed by atoms with Gasteiger partial charge in [0, 0.05) is 12.0 Å². The van der Waals surface area contributed by atoms with E-state index in [2.05, 4.69) is 27.7 Å². The summed E-state index contributed by atoms with van der Waals surface area (Å²) < 4.78 is 0. The molecule has 92 valence electrons. The Morgan fingerprint density at radius 2 is 1.80 bits per heavy atom. The van der Waals surface area contributed by atoms with Gasteiger partial charge in [0.25, 0.3) is 0 Å². The second-order valence-electron chi connectivity index (χ2n) is 4.61. The van der Waals surface area contributed by atoms with Crippen LogP contribution >= 0.6 is 0 Å². The highest BCUT2D eigenvalue weighted by molar-refractivity contribution is 5.66. The van der Waals surface area contributed by atoms with Crippen LogP contribution in [0.4, 0.5) is 0 Å². The summed E-state index contributed by atoms with van der Waals surface area (Å²) in [6.07, 6.45) is 4.07. The van der Waals surface area contributed by atoms with E-state index < -0.39 is 5.97 Å². The number of hydrogen-bond acceptors (Lipinski definition) is 2. The van der Waals surface area contributed by atoms with Crippen molar-refractivity contribution in [3.8, 4) is 0 Å². The van der Waals surface area contributed by atoms with Crippen molar-refractivity contribution >= 4 is 5.97 Å². The average Bonchev–Trinajstić information content (AvgIpc) is 2.13. The summed E-state index contributed by atoms with van der Waals surface area (Å²) in [4.78, 5) is 9.37. The van der Waals surface area contributed by atoms with E-state index in [4.69, 9.17) is 10.8 Å². The molecule has 1 atom stereocenters. The molecular formula is C12H27NO2. The van der Waals surface area contributed by atoms with Crippen molar-refractivity contribution in [3.63, 3.8) is 0 Å². The third-order valence-electron chi connectivity index (χ3n) is 2.56.